The predicted octanol–water partition coefficient (Wildman–Crippen LogP) is 3.28. The lowest BCUT2D eigenvalue weighted by atomic mass is 10.1. The number of carbonyl (C=O) groups excluding carboxylic acids is 1. The third kappa shape index (κ3) is 2.37. The maximum atomic E-state index is 13.6. The van der Waals surface area contributed by atoms with Crippen molar-refractivity contribution in [3.8, 4) is 0 Å². The molecule has 1 aromatic carbocycles. The molecule has 1 N–H and O–H groups in total. The topological polar surface area (TPSA) is 58.1 Å². The summed E-state index contributed by atoms with van der Waals surface area (Å²) >= 11 is 5.82. The molecule has 0 saturated heterocycles. The number of nitrogens with one attached hydrogen (secondary N) is 1. The molecule has 3 rings (SSSR count). The van der Waals surface area contributed by atoms with Crippen molar-refractivity contribution < 1.29 is 13.6 Å². The molecule has 2 heterocycles. The molecule has 0 fully saturated rings. The van der Waals surface area contributed by atoms with E-state index >= 15 is 0 Å². The van der Waals surface area contributed by atoms with Crippen LogP contribution in [0.15, 0.2) is 24.4 Å². The monoisotopic (exact) mass is 324 g/mol. The molecule has 0 aliphatic carbocycles. The van der Waals surface area contributed by atoms with E-state index in [0.29, 0.717) is 23.6 Å². The molecule has 1 aromatic heterocycles. The van der Waals surface area contributed by atoms with E-state index in [-0.39, 0.29) is 11.2 Å². The highest BCUT2D eigenvalue weighted by Crippen LogP contribution is 2.37. The maximum Gasteiger partial charge on any atom is 0.247 e. The van der Waals surface area contributed by atoms with Crippen LogP contribution >= 0.6 is 11.6 Å². The molecular formula is C14H11ClF2N4O. The van der Waals surface area contributed by atoms with Gasteiger partial charge in [-0.1, -0.05) is 6.92 Å². The van der Waals surface area contributed by atoms with Gasteiger partial charge in [0.05, 0.1) is 6.20 Å². The van der Waals surface area contributed by atoms with Gasteiger partial charge in [0, 0.05) is 11.8 Å². The van der Waals surface area contributed by atoms with Crippen molar-refractivity contribution in [2.24, 2.45) is 0 Å². The summed E-state index contributed by atoms with van der Waals surface area (Å²) in [6, 6.07) is 2.81. The number of nitrogens with zero attached hydrogens (tertiary/aromatic N) is 3. The molecule has 0 spiro atoms. The highest BCUT2D eigenvalue weighted by Gasteiger charge is 2.34. The second-order valence-electron chi connectivity index (χ2n) is 4.76. The third-order valence-corrected chi connectivity index (χ3v) is 3.59. The molecule has 1 aliphatic heterocycles. The van der Waals surface area contributed by atoms with Gasteiger partial charge in [-0.3, -0.25) is 4.79 Å². The SMILES string of the molecule is CCC1C(=O)Nc2cnc(Cl)nc2N1c1ccc(F)c(F)c1. The lowest BCUT2D eigenvalue weighted by Gasteiger charge is -2.36. The maximum absolute atomic E-state index is 13.6. The van der Waals surface area contributed by atoms with Crippen molar-refractivity contribution >= 4 is 34.7 Å². The van der Waals surface area contributed by atoms with Crippen LogP contribution in [0, 0.1) is 11.6 Å². The van der Waals surface area contributed by atoms with Gasteiger partial charge in [-0.05, 0) is 30.2 Å². The summed E-state index contributed by atoms with van der Waals surface area (Å²) in [6.45, 7) is 1.81. The minimum Gasteiger partial charge on any atom is -0.320 e. The molecule has 0 bridgehead atoms. The lowest BCUT2D eigenvalue weighted by molar-refractivity contribution is -0.117. The molecule has 1 atom stereocenters. The van der Waals surface area contributed by atoms with Crippen LogP contribution in [0.5, 0.6) is 0 Å². The summed E-state index contributed by atoms with van der Waals surface area (Å²) in [6.07, 6.45) is 1.83. The Morgan fingerprint density at radius 1 is 1.36 bits per heavy atom. The number of halogens is 3. The first-order valence-corrected chi connectivity index (χ1v) is 6.96. The molecule has 1 aliphatic rings. The minimum atomic E-state index is -1.000. The Morgan fingerprint density at radius 3 is 2.82 bits per heavy atom. The molecule has 5 nitrogen and oxygen atoms in total. The zero-order valence-corrected chi connectivity index (χ0v) is 12.2. The zero-order valence-electron chi connectivity index (χ0n) is 11.5. The van der Waals surface area contributed by atoms with Crippen molar-refractivity contribution in [1.82, 2.24) is 9.97 Å². The lowest BCUT2D eigenvalue weighted by Crippen LogP contribution is -2.45. The number of rotatable bonds is 2. The molecular weight excluding hydrogens is 314 g/mol. The van der Waals surface area contributed by atoms with E-state index < -0.39 is 17.7 Å². The Bertz CT molecular complexity index is 756. The minimum absolute atomic E-state index is 0.00247. The highest BCUT2D eigenvalue weighted by molar-refractivity contribution is 6.28. The summed E-state index contributed by atoms with van der Waals surface area (Å²) in [5, 5.41) is 2.68. The summed E-state index contributed by atoms with van der Waals surface area (Å²) < 4.78 is 26.7. The standard InChI is InChI=1S/C14H11ClF2N4O/c1-2-11-13(22)19-10-6-18-14(15)20-12(10)21(11)7-3-4-8(16)9(17)5-7/h3-6,11H,2H2,1H3,(H,19,22). The number of hydrogen-bond donors (Lipinski definition) is 1. The van der Waals surface area contributed by atoms with Crippen LogP contribution < -0.4 is 10.2 Å². The van der Waals surface area contributed by atoms with Gasteiger partial charge in [0.15, 0.2) is 17.5 Å². The smallest absolute Gasteiger partial charge is 0.247 e. The first kappa shape index (κ1) is 14.6. The van der Waals surface area contributed by atoms with Gasteiger partial charge in [0.1, 0.15) is 11.7 Å². The largest absolute Gasteiger partial charge is 0.320 e. The van der Waals surface area contributed by atoms with Crippen LogP contribution in [-0.4, -0.2) is 21.9 Å². The van der Waals surface area contributed by atoms with Gasteiger partial charge in [-0.25, -0.2) is 13.8 Å². The fourth-order valence-corrected chi connectivity index (χ4v) is 2.54. The number of benzene rings is 1. The summed E-state index contributed by atoms with van der Waals surface area (Å²) in [4.78, 5) is 21.7. The zero-order chi connectivity index (χ0) is 15.9. The molecule has 1 amide bonds. The van der Waals surface area contributed by atoms with Crippen molar-refractivity contribution in [3.63, 3.8) is 0 Å². The molecule has 2 aromatic rings. The molecule has 8 heteroatoms. The van der Waals surface area contributed by atoms with E-state index in [2.05, 4.69) is 15.3 Å². The molecule has 22 heavy (non-hydrogen) atoms. The normalized spacial score (nSPS) is 17.2. The van der Waals surface area contributed by atoms with Gasteiger partial charge < -0.3 is 10.2 Å². The molecule has 0 radical (unpaired) electrons. The first-order chi connectivity index (χ1) is 10.5. The molecule has 0 saturated carbocycles. The van der Waals surface area contributed by atoms with Gasteiger partial charge in [-0.15, -0.1) is 0 Å². The number of hydrogen-bond acceptors (Lipinski definition) is 4. The predicted molar refractivity (Wildman–Crippen MR) is 78.2 cm³/mol. The quantitative estimate of drug-likeness (QED) is 0.861. The van der Waals surface area contributed by atoms with Crippen LogP contribution in [-0.2, 0) is 4.79 Å². The second-order valence-corrected chi connectivity index (χ2v) is 5.10. The van der Waals surface area contributed by atoms with Crippen molar-refractivity contribution in [3.05, 3.63) is 41.3 Å². The number of amides is 1. The van der Waals surface area contributed by atoms with Crippen molar-refractivity contribution in [2.45, 2.75) is 19.4 Å². The average Bonchev–Trinajstić information content (AvgIpc) is 2.49. The van der Waals surface area contributed by atoms with Crippen LogP contribution in [0.4, 0.5) is 26.0 Å². The third-order valence-electron chi connectivity index (χ3n) is 3.41. The summed E-state index contributed by atoms with van der Waals surface area (Å²) in [7, 11) is 0. The van der Waals surface area contributed by atoms with E-state index in [1.165, 1.54) is 17.2 Å². The number of aromatic nitrogens is 2. The van der Waals surface area contributed by atoms with Gasteiger partial charge in [-0.2, -0.15) is 4.98 Å². The van der Waals surface area contributed by atoms with Crippen molar-refractivity contribution in [1.29, 1.82) is 0 Å². The number of carbonyl (C=O) groups is 1. The van der Waals surface area contributed by atoms with Crippen molar-refractivity contribution in [2.75, 3.05) is 10.2 Å². The first-order valence-electron chi connectivity index (χ1n) is 6.59. The van der Waals surface area contributed by atoms with E-state index in [0.717, 1.165) is 12.1 Å². The Hall–Kier alpha value is -2.28. The second kappa shape index (κ2) is 5.49. The Kier molecular flexibility index (Phi) is 3.66. The number of anilines is 3. The summed E-state index contributed by atoms with van der Waals surface area (Å²) in [5.74, 6) is -1.89. The number of fused-ring (bicyclic) bond motifs is 1. The molecule has 114 valence electrons. The van der Waals surface area contributed by atoms with E-state index in [1.54, 1.807) is 0 Å². The fraction of sp³-hybridized carbons (Fsp3) is 0.214. The van der Waals surface area contributed by atoms with Crippen LogP contribution in [0.2, 0.25) is 5.28 Å². The van der Waals surface area contributed by atoms with E-state index in [4.69, 9.17) is 11.6 Å². The molecule has 1 unspecified atom stereocenters. The highest BCUT2D eigenvalue weighted by atomic mass is 35.5. The van der Waals surface area contributed by atoms with Crippen LogP contribution in [0.1, 0.15) is 13.3 Å². The summed E-state index contributed by atoms with van der Waals surface area (Å²) in [5.41, 5.74) is 0.681. The van der Waals surface area contributed by atoms with Gasteiger partial charge >= 0.3 is 0 Å². The van der Waals surface area contributed by atoms with Gasteiger partial charge in [0.2, 0.25) is 11.2 Å². The Labute approximate surface area is 129 Å². The van der Waals surface area contributed by atoms with Crippen LogP contribution in [0.25, 0.3) is 0 Å². The average molecular weight is 325 g/mol. The fourth-order valence-electron chi connectivity index (χ4n) is 2.41. The van der Waals surface area contributed by atoms with Gasteiger partial charge in [0.25, 0.3) is 0 Å². The Morgan fingerprint density at radius 2 is 2.14 bits per heavy atom. The Balaban J connectivity index is 2.19. The van der Waals surface area contributed by atoms with E-state index in [1.807, 2.05) is 6.92 Å². The van der Waals surface area contributed by atoms with Crippen LogP contribution in [0.3, 0.4) is 0 Å². The van der Waals surface area contributed by atoms with E-state index in [9.17, 15) is 13.6 Å².